The number of rotatable bonds is 4. The molecule has 1 amide bonds. The lowest BCUT2D eigenvalue weighted by Crippen LogP contribution is -2.07. The number of carbonyl (C=O) groups is 1. The van der Waals surface area contributed by atoms with Gasteiger partial charge in [0.25, 0.3) is 0 Å². The number of nitrogens with zero attached hydrogens (tertiary/aromatic N) is 2. The molecule has 22 heavy (non-hydrogen) atoms. The fourth-order valence-electron chi connectivity index (χ4n) is 1.64. The molecular formula is C14H12F3N3OS. The third-order valence-electron chi connectivity index (χ3n) is 2.59. The molecule has 1 aromatic heterocycles. The lowest BCUT2D eigenvalue weighted by Gasteiger charge is -2.08. The van der Waals surface area contributed by atoms with Gasteiger partial charge in [0.1, 0.15) is 5.03 Å². The van der Waals surface area contributed by atoms with Crippen molar-refractivity contribution in [3.63, 3.8) is 0 Å². The number of aromatic nitrogens is 2. The summed E-state index contributed by atoms with van der Waals surface area (Å²) in [6, 6.07) is 8.40. The van der Waals surface area contributed by atoms with Crippen LogP contribution < -0.4 is 5.32 Å². The zero-order valence-electron chi connectivity index (χ0n) is 11.5. The zero-order valence-corrected chi connectivity index (χ0v) is 12.3. The predicted molar refractivity (Wildman–Crippen MR) is 77.3 cm³/mol. The SMILES string of the molecule is CC(=O)Nc1ccc(SCc2cccc(C(F)(F)F)c2)nn1. The molecule has 0 unspecified atom stereocenters. The highest BCUT2D eigenvalue weighted by atomic mass is 32.2. The summed E-state index contributed by atoms with van der Waals surface area (Å²) in [5, 5.41) is 10.7. The van der Waals surface area contributed by atoms with Gasteiger partial charge in [-0.3, -0.25) is 4.79 Å². The number of benzene rings is 1. The van der Waals surface area contributed by atoms with E-state index in [1.54, 1.807) is 18.2 Å². The number of amides is 1. The number of carbonyl (C=O) groups excluding carboxylic acids is 1. The summed E-state index contributed by atoms with van der Waals surface area (Å²) in [6.45, 7) is 1.36. The van der Waals surface area contributed by atoms with Crippen LogP contribution in [-0.4, -0.2) is 16.1 Å². The zero-order chi connectivity index (χ0) is 16.2. The van der Waals surface area contributed by atoms with Gasteiger partial charge in [-0.2, -0.15) is 13.2 Å². The lowest BCUT2D eigenvalue weighted by atomic mass is 10.1. The molecule has 1 N–H and O–H groups in total. The van der Waals surface area contributed by atoms with Crippen molar-refractivity contribution >= 4 is 23.5 Å². The third kappa shape index (κ3) is 4.73. The topological polar surface area (TPSA) is 54.9 Å². The molecule has 0 atom stereocenters. The highest BCUT2D eigenvalue weighted by Gasteiger charge is 2.30. The Bertz CT molecular complexity index is 659. The molecule has 0 radical (unpaired) electrons. The monoisotopic (exact) mass is 327 g/mol. The largest absolute Gasteiger partial charge is 0.416 e. The van der Waals surface area contributed by atoms with E-state index in [0.29, 0.717) is 22.2 Å². The predicted octanol–water partition coefficient (Wildman–Crippen LogP) is 3.75. The quantitative estimate of drug-likeness (QED) is 0.869. The Morgan fingerprint density at radius 1 is 1.23 bits per heavy atom. The summed E-state index contributed by atoms with van der Waals surface area (Å²) in [7, 11) is 0. The Balaban J connectivity index is 1.99. The Morgan fingerprint density at radius 3 is 2.59 bits per heavy atom. The van der Waals surface area contributed by atoms with Gasteiger partial charge >= 0.3 is 6.18 Å². The minimum atomic E-state index is -4.35. The molecule has 116 valence electrons. The van der Waals surface area contributed by atoms with Crippen LogP contribution in [0.15, 0.2) is 41.4 Å². The van der Waals surface area contributed by atoms with E-state index < -0.39 is 11.7 Å². The second-order valence-electron chi connectivity index (χ2n) is 4.42. The van der Waals surface area contributed by atoms with Crippen molar-refractivity contribution in [2.75, 3.05) is 5.32 Å². The van der Waals surface area contributed by atoms with Gasteiger partial charge in [0.2, 0.25) is 5.91 Å². The molecule has 0 bridgehead atoms. The van der Waals surface area contributed by atoms with Crippen LogP contribution >= 0.6 is 11.8 Å². The molecule has 2 aromatic rings. The van der Waals surface area contributed by atoms with Gasteiger partial charge in [0.05, 0.1) is 5.56 Å². The third-order valence-corrected chi connectivity index (χ3v) is 3.58. The van der Waals surface area contributed by atoms with Crippen LogP contribution in [-0.2, 0) is 16.7 Å². The highest BCUT2D eigenvalue weighted by Crippen LogP contribution is 2.30. The second kappa shape index (κ2) is 6.78. The van der Waals surface area contributed by atoms with E-state index >= 15 is 0 Å². The average Bonchev–Trinajstić information content (AvgIpc) is 2.45. The summed E-state index contributed by atoms with van der Waals surface area (Å²) >= 11 is 1.27. The van der Waals surface area contributed by atoms with E-state index in [1.807, 2.05) is 0 Å². The van der Waals surface area contributed by atoms with Crippen molar-refractivity contribution in [2.24, 2.45) is 0 Å². The van der Waals surface area contributed by atoms with Crippen LogP contribution in [0.4, 0.5) is 19.0 Å². The fourth-order valence-corrected chi connectivity index (χ4v) is 2.40. The number of nitrogens with one attached hydrogen (secondary N) is 1. The Hall–Kier alpha value is -2.09. The number of hydrogen-bond acceptors (Lipinski definition) is 4. The first-order valence-corrected chi connectivity index (χ1v) is 7.23. The molecule has 0 saturated heterocycles. The molecule has 0 aliphatic carbocycles. The molecule has 1 heterocycles. The maximum atomic E-state index is 12.6. The Morgan fingerprint density at radius 2 is 2.00 bits per heavy atom. The van der Waals surface area contributed by atoms with Crippen LogP contribution in [0.3, 0.4) is 0 Å². The van der Waals surface area contributed by atoms with Gasteiger partial charge in [0.15, 0.2) is 5.82 Å². The minimum Gasteiger partial charge on any atom is -0.309 e. The van der Waals surface area contributed by atoms with Gasteiger partial charge in [-0.05, 0) is 23.8 Å². The first kappa shape index (κ1) is 16.3. The fraction of sp³-hybridized carbons (Fsp3) is 0.214. The molecule has 0 fully saturated rings. The van der Waals surface area contributed by atoms with Crippen molar-refractivity contribution < 1.29 is 18.0 Å². The van der Waals surface area contributed by atoms with E-state index in [-0.39, 0.29) is 5.91 Å². The molecule has 0 aliphatic rings. The Kier molecular flexibility index (Phi) is 5.02. The molecule has 4 nitrogen and oxygen atoms in total. The first-order valence-electron chi connectivity index (χ1n) is 6.25. The maximum absolute atomic E-state index is 12.6. The molecule has 8 heteroatoms. The molecular weight excluding hydrogens is 315 g/mol. The lowest BCUT2D eigenvalue weighted by molar-refractivity contribution is -0.137. The average molecular weight is 327 g/mol. The van der Waals surface area contributed by atoms with Crippen LogP contribution in [0, 0.1) is 0 Å². The van der Waals surface area contributed by atoms with E-state index in [1.165, 1.54) is 24.8 Å². The second-order valence-corrected chi connectivity index (χ2v) is 5.42. The number of anilines is 1. The van der Waals surface area contributed by atoms with E-state index in [9.17, 15) is 18.0 Å². The minimum absolute atomic E-state index is 0.251. The van der Waals surface area contributed by atoms with Crippen molar-refractivity contribution in [2.45, 2.75) is 23.9 Å². The normalized spacial score (nSPS) is 11.3. The summed E-state index contributed by atoms with van der Waals surface area (Å²) in [5.74, 6) is 0.424. The van der Waals surface area contributed by atoms with E-state index in [2.05, 4.69) is 15.5 Å². The summed E-state index contributed by atoms with van der Waals surface area (Å²) < 4.78 is 37.8. The van der Waals surface area contributed by atoms with Crippen LogP contribution in [0.1, 0.15) is 18.1 Å². The van der Waals surface area contributed by atoms with Crippen LogP contribution in [0.25, 0.3) is 0 Å². The van der Waals surface area contributed by atoms with Crippen LogP contribution in [0.5, 0.6) is 0 Å². The van der Waals surface area contributed by atoms with Crippen molar-refractivity contribution in [1.82, 2.24) is 10.2 Å². The van der Waals surface area contributed by atoms with Crippen molar-refractivity contribution in [3.8, 4) is 0 Å². The number of hydrogen-bond donors (Lipinski definition) is 1. The summed E-state index contributed by atoms with van der Waals surface area (Å²) in [4.78, 5) is 10.8. The molecule has 0 spiro atoms. The highest BCUT2D eigenvalue weighted by molar-refractivity contribution is 7.98. The number of alkyl halides is 3. The maximum Gasteiger partial charge on any atom is 0.416 e. The molecule has 0 saturated carbocycles. The summed E-state index contributed by atoms with van der Waals surface area (Å²) in [5.41, 5.74) is -0.120. The number of halogens is 3. The van der Waals surface area contributed by atoms with Crippen molar-refractivity contribution in [1.29, 1.82) is 0 Å². The molecule has 1 aromatic carbocycles. The van der Waals surface area contributed by atoms with Crippen molar-refractivity contribution in [3.05, 3.63) is 47.5 Å². The van der Waals surface area contributed by atoms with Gasteiger partial charge in [-0.25, -0.2) is 0 Å². The van der Waals surface area contributed by atoms with Gasteiger partial charge < -0.3 is 5.32 Å². The number of thioether (sulfide) groups is 1. The van der Waals surface area contributed by atoms with Gasteiger partial charge in [0, 0.05) is 12.7 Å². The van der Waals surface area contributed by atoms with E-state index in [0.717, 1.165) is 12.1 Å². The standard InChI is InChI=1S/C14H12F3N3OS/c1-9(21)18-12-5-6-13(20-19-12)22-8-10-3-2-4-11(7-10)14(15,16)17/h2-7H,8H2,1H3,(H,18,19,21). The Labute approximate surface area is 129 Å². The van der Waals surface area contributed by atoms with Gasteiger partial charge in [-0.15, -0.1) is 10.2 Å². The van der Waals surface area contributed by atoms with Gasteiger partial charge in [-0.1, -0.05) is 30.0 Å². The first-order chi connectivity index (χ1) is 10.3. The van der Waals surface area contributed by atoms with E-state index in [4.69, 9.17) is 0 Å². The summed E-state index contributed by atoms with van der Waals surface area (Å²) in [6.07, 6.45) is -4.35. The van der Waals surface area contributed by atoms with Crippen LogP contribution in [0.2, 0.25) is 0 Å². The smallest absolute Gasteiger partial charge is 0.309 e. The molecule has 2 rings (SSSR count). The molecule has 0 aliphatic heterocycles.